The maximum Gasteiger partial charge on any atom is 0.191 e. The maximum atomic E-state index is 13.3. The van der Waals surface area contributed by atoms with Crippen molar-refractivity contribution >= 4 is 11.8 Å². The molecule has 1 saturated heterocycles. The molecule has 146 valence electrons. The molecule has 2 heterocycles. The van der Waals surface area contributed by atoms with E-state index in [9.17, 15) is 4.39 Å². The van der Waals surface area contributed by atoms with Crippen molar-refractivity contribution in [1.82, 2.24) is 14.8 Å². The number of halogens is 1. The summed E-state index contributed by atoms with van der Waals surface area (Å²) in [6.45, 7) is 5.76. The van der Waals surface area contributed by atoms with Gasteiger partial charge in [-0.15, -0.1) is 10.2 Å². The molecule has 2 aromatic carbocycles. The van der Waals surface area contributed by atoms with Gasteiger partial charge in [0.1, 0.15) is 5.82 Å². The molecule has 0 aliphatic carbocycles. The molecule has 0 bridgehead atoms. The second kappa shape index (κ2) is 8.45. The van der Waals surface area contributed by atoms with Crippen molar-refractivity contribution in [1.29, 1.82) is 0 Å². The summed E-state index contributed by atoms with van der Waals surface area (Å²) in [4.78, 5) is 0. The van der Waals surface area contributed by atoms with E-state index in [1.165, 1.54) is 28.8 Å². The van der Waals surface area contributed by atoms with Crippen molar-refractivity contribution in [3.05, 3.63) is 65.0 Å². The topological polar surface area (TPSA) is 39.9 Å². The van der Waals surface area contributed by atoms with Gasteiger partial charge in [-0.05, 0) is 56.5 Å². The lowest BCUT2D eigenvalue weighted by atomic mass is 10.1. The zero-order valence-electron chi connectivity index (χ0n) is 16.2. The molecule has 0 N–H and O–H groups in total. The van der Waals surface area contributed by atoms with Crippen molar-refractivity contribution in [3.63, 3.8) is 0 Å². The van der Waals surface area contributed by atoms with Crippen molar-refractivity contribution in [2.24, 2.45) is 0 Å². The van der Waals surface area contributed by atoms with E-state index in [2.05, 4.69) is 46.8 Å². The summed E-state index contributed by atoms with van der Waals surface area (Å²) in [6, 6.07) is 13.0. The molecule has 3 aromatic rings. The monoisotopic (exact) mass is 397 g/mol. The first-order valence-electron chi connectivity index (χ1n) is 9.59. The van der Waals surface area contributed by atoms with Gasteiger partial charge in [-0.1, -0.05) is 41.1 Å². The van der Waals surface area contributed by atoms with Crippen LogP contribution in [0.5, 0.6) is 0 Å². The Morgan fingerprint density at radius 3 is 2.54 bits per heavy atom. The smallest absolute Gasteiger partial charge is 0.191 e. The predicted octanol–water partition coefficient (Wildman–Crippen LogP) is 5.17. The summed E-state index contributed by atoms with van der Waals surface area (Å²) in [5.41, 5.74) is 4.68. The van der Waals surface area contributed by atoms with Crippen LogP contribution in [0.4, 0.5) is 4.39 Å². The summed E-state index contributed by atoms with van der Waals surface area (Å²) in [7, 11) is 0. The van der Waals surface area contributed by atoms with E-state index >= 15 is 0 Å². The summed E-state index contributed by atoms with van der Waals surface area (Å²) in [5, 5.41) is 9.73. The number of ether oxygens (including phenoxy) is 1. The van der Waals surface area contributed by atoms with Gasteiger partial charge < -0.3 is 4.74 Å². The van der Waals surface area contributed by atoms with E-state index < -0.39 is 0 Å². The van der Waals surface area contributed by atoms with Crippen molar-refractivity contribution in [3.8, 4) is 11.4 Å². The lowest BCUT2D eigenvalue weighted by Crippen LogP contribution is -2.16. The minimum Gasteiger partial charge on any atom is -0.376 e. The number of hydrogen-bond acceptors (Lipinski definition) is 4. The van der Waals surface area contributed by atoms with Crippen LogP contribution in [0.15, 0.2) is 47.6 Å². The second-order valence-electron chi connectivity index (χ2n) is 7.34. The average Bonchev–Trinajstić information content (AvgIpc) is 3.31. The van der Waals surface area contributed by atoms with Crippen LogP contribution in [-0.4, -0.2) is 27.5 Å². The molecule has 1 unspecified atom stereocenters. The highest BCUT2D eigenvalue weighted by Gasteiger charge is 2.22. The third kappa shape index (κ3) is 4.45. The van der Waals surface area contributed by atoms with Gasteiger partial charge in [0, 0.05) is 17.9 Å². The van der Waals surface area contributed by atoms with Crippen LogP contribution in [0.2, 0.25) is 0 Å². The largest absolute Gasteiger partial charge is 0.376 e. The number of aryl methyl sites for hydroxylation is 2. The van der Waals surface area contributed by atoms with E-state index in [0.717, 1.165) is 48.3 Å². The summed E-state index contributed by atoms with van der Waals surface area (Å²) < 4.78 is 21.3. The van der Waals surface area contributed by atoms with Gasteiger partial charge in [-0.2, -0.15) is 0 Å². The van der Waals surface area contributed by atoms with Gasteiger partial charge in [-0.25, -0.2) is 4.39 Å². The number of aromatic nitrogens is 3. The zero-order valence-corrected chi connectivity index (χ0v) is 17.0. The summed E-state index contributed by atoms with van der Waals surface area (Å²) >= 11 is 1.68. The SMILES string of the molecule is Cc1cc(C)cc(CSc2nnc(-c3ccc(F)cc3)n2CC2CCCO2)c1. The third-order valence-corrected chi connectivity index (χ3v) is 5.92. The maximum absolute atomic E-state index is 13.3. The number of benzene rings is 2. The van der Waals surface area contributed by atoms with Gasteiger partial charge in [0.2, 0.25) is 0 Å². The Morgan fingerprint density at radius 2 is 1.86 bits per heavy atom. The first-order valence-corrected chi connectivity index (χ1v) is 10.6. The van der Waals surface area contributed by atoms with Gasteiger partial charge in [-0.3, -0.25) is 4.57 Å². The Morgan fingerprint density at radius 1 is 1.11 bits per heavy atom. The first-order chi connectivity index (χ1) is 13.6. The minimum atomic E-state index is -0.252. The highest BCUT2D eigenvalue weighted by molar-refractivity contribution is 7.98. The van der Waals surface area contributed by atoms with Crippen molar-refractivity contribution in [2.75, 3.05) is 6.61 Å². The minimum absolute atomic E-state index is 0.177. The van der Waals surface area contributed by atoms with Gasteiger partial charge in [0.25, 0.3) is 0 Å². The van der Waals surface area contributed by atoms with Crippen LogP contribution in [-0.2, 0) is 17.0 Å². The van der Waals surface area contributed by atoms with Crippen molar-refractivity contribution in [2.45, 2.75) is 50.2 Å². The van der Waals surface area contributed by atoms with Crippen LogP contribution in [0.1, 0.15) is 29.5 Å². The molecule has 28 heavy (non-hydrogen) atoms. The summed E-state index contributed by atoms with van der Waals surface area (Å²) in [6.07, 6.45) is 2.31. The molecule has 0 radical (unpaired) electrons. The molecule has 1 atom stereocenters. The molecule has 1 aliphatic heterocycles. The molecule has 1 fully saturated rings. The lowest BCUT2D eigenvalue weighted by Gasteiger charge is -2.15. The standard InChI is InChI=1S/C22H24FN3OS/c1-15-10-16(2)12-17(11-15)14-28-22-25-24-21(18-5-7-19(23)8-6-18)26(22)13-20-4-3-9-27-20/h5-8,10-12,20H,3-4,9,13-14H2,1-2H3. The fraction of sp³-hybridized carbons (Fsp3) is 0.364. The Labute approximate surface area is 169 Å². The normalized spacial score (nSPS) is 16.6. The predicted molar refractivity (Wildman–Crippen MR) is 110 cm³/mol. The number of hydrogen-bond donors (Lipinski definition) is 0. The molecule has 1 aliphatic rings. The Bertz CT molecular complexity index is 929. The van der Waals surface area contributed by atoms with E-state index in [0.29, 0.717) is 0 Å². The molecule has 0 spiro atoms. The Balaban J connectivity index is 1.61. The molecular weight excluding hydrogens is 373 g/mol. The number of rotatable bonds is 6. The van der Waals surface area contributed by atoms with Crippen LogP contribution in [0.25, 0.3) is 11.4 Å². The Hall–Kier alpha value is -2.18. The van der Waals surface area contributed by atoms with E-state index in [4.69, 9.17) is 4.74 Å². The molecule has 6 heteroatoms. The van der Waals surface area contributed by atoms with Crippen molar-refractivity contribution < 1.29 is 9.13 Å². The Kier molecular flexibility index (Phi) is 5.78. The van der Waals surface area contributed by atoms with Gasteiger partial charge in [0.05, 0.1) is 12.6 Å². The molecule has 0 saturated carbocycles. The fourth-order valence-corrected chi connectivity index (χ4v) is 4.54. The first kappa shape index (κ1) is 19.2. The quantitative estimate of drug-likeness (QED) is 0.538. The van der Waals surface area contributed by atoms with Gasteiger partial charge >= 0.3 is 0 Å². The fourth-order valence-electron chi connectivity index (χ4n) is 3.66. The highest BCUT2D eigenvalue weighted by Crippen LogP contribution is 2.29. The number of nitrogens with zero attached hydrogens (tertiary/aromatic N) is 3. The van der Waals surface area contributed by atoms with Crippen LogP contribution >= 0.6 is 11.8 Å². The number of thioether (sulfide) groups is 1. The van der Waals surface area contributed by atoms with E-state index in [1.54, 1.807) is 23.9 Å². The molecule has 0 amide bonds. The summed E-state index contributed by atoms with van der Waals surface area (Å²) in [5.74, 6) is 1.34. The van der Waals surface area contributed by atoms with Crippen LogP contribution in [0.3, 0.4) is 0 Å². The second-order valence-corrected chi connectivity index (χ2v) is 8.29. The average molecular weight is 398 g/mol. The molecule has 4 nitrogen and oxygen atoms in total. The van der Waals surface area contributed by atoms with Crippen LogP contribution in [0, 0.1) is 19.7 Å². The molecule has 4 rings (SSSR count). The molecular formula is C22H24FN3OS. The van der Waals surface area contributed by atoms with Gasteiger partial charge in [0.15, 0.2) is 11.0 Å². The lowest BCUT2D eigenvalue weighted by molar-refractivity contribution is 0.0953. The highest BCUT2D eigenvalue weighted by atomic mass is 32.2. The van der Waals surface area contributed by atoms with E-state index in [1.807, 2.05) is 0 Å². The zero-order chi connectivity index (χ0) is 19.5. The van der Waals surface area contributed by atoms with E-state index in [-0.39, 0.29) is 11.9 Å². The molecule has 1 aromatic heterocycles. The van der Waals surface area contributed by atoms with Crippen LogP contribution < -0.4 is 0 Å². The third-order valence-electron chi connectivity index (χ3n) is 4.88.